The zero-order valence-corrected chi connectivity index (χ0v) is 18.0. The highest BCUT2D eigenvalue weighted by Crippen LogP contribution is 2.47. The molecule has 1 atom stereocenters. The van der Waals surface area contributed by atoms with Crippen LogP contribution in [0, 0.1) is 5.41 Å². The molecule has 7 nitrogen and oxygen atoms in total. The number of methoxy groups -OCH3 is 1. The van der Waals surface area contributed by atoms with Crippen LogP contribution in [-0.4, -0.2) is 34.3 Å². The Morgan fingerprint density at radius 1 is 1.36 bits per heavy atom. The van der Waals surface area contributed by atoms with Crippen LogP contribution in [0.1, 0.15) is 45.2 Å². The molecule has 4 rings (SSSR count). The van der Waals surface area contributed by atoms with E-state index in [0.717, 1.165) is 27.7 Å². The minimum Gasteiger partial charge on any atom is -0.493 e. The molecule has 0 radical (unpaired) electrons. The molecule has 1 aromatic carbocycles. The van der Waals surface area contributed by atoms with Crippen molar-refractivity contribution in [1.29, 1.82) is 0 Å². The van der Waals surface area contributed by atoms with E-state index in [1.165, 1.54) is 6.33 Å². The third-order valence-corrected chi connectivity index (χ3v) is 5.72. The number of hydrogen-bond donors (Lipinski definition) is 1. The van der Waals surface area contributed by atoms with Gasteiger partial charge in [0, 0.05) is 17.7 Å². The number of allylic oxidation sites excluding steroid dienone is 2. The second-order valence-corrected chi connectivity index (χ2v) is 8.71. The lowest BCUT2D eigenvalue weighted by molar-refractivity contribution is -0.118. The van der Waals surface area contributed by atoms with E-state index in [-0.39, 0.29) is 17.2 Å². The van der Waals surface area contributed by atoms with Gasteiger partial charge < -0.3 is 14.8 Å². The van der Waals surface area contributed by atoms with Gasteiger partial charge in [0.15, 0.2) is 17.3 Å². The Labute approximate surface area is 172 Å². The number of aromatic nitrogens is 3. The van der Waals surface area contributed by atoms with Gasteiger partial charge in [-0.15, -0.1) is 0 Å². The molecule has 148 valence electrons. The van der Waals surface area contributed by atoms with Crippen molar-refractivity contribution in [3.63, 3.8) is 0 Å². The van der Waals surface area contributed by atoms with Crippen molar-refractivity contribution < 1.29 is 14.3 Å². The summed E-state index contributed by atoms with van der Waals surface area (Å²) in [4.78, 5) is 17.5. The predicted molar refractivity (Wildman–Crippen MR) is 109 cm³/mol. The highest BCUT2D eigenvalue weighted by atomic mass is 79.9. The first-order valence-electron chi connectivity index (χ1n) is 9.27. The average Bonchev–Trinajstić information content (AvgIpc) is 3.08. The maximum absolute atomic E-state index is 13.1. The summed E-state index contributed by atoms with van der Waals surface area (Å²) < 4.78 is 13.8. The number of hydrogen-bond acceptors (Lipinski definition) is 6. The average molecular weight is 447 g/mol. The molecule has 1 N–H and O–H groups in total. The number of nitrogens with zero attached hydrogens (tertiary/aromatic N) is 3. The predicted octanol–water partition coefficient (Wildman–Crippen LogP) is 4.11. The van der Waals surface area contributed by atoms with E-state index in [1.807, 2.05) is 19.1 Å². The summed E-state index contributed by atoms with van der Waals surface area (Å²) in [7, 11) is 1.61. The van der Waals surface area contributed by atoms with E-state index in [9.17, 15) is 4.79 Å². The Morgan fingerprint density at radius 2 is 2.14 bits per heavy atom. The van der Waals surface area contributed by atoms with Gasteiger partial charge in [-0.05, 0) is 52.4 Å². The topological polar surface area (TPSA) is 78.3 Å². The van der Waals surface area contributed by atoms with Crippen molar-refractivity contribution in [2.24, 2.45) is 5.41 Å². The van der Waals surface area contributed by atoms with E-state index < -0.39 is 0 Å². The van der Waals surface area contributed by atoms with Crippen LogP contribution in [0.15, 0.2) is 34.2 Å². The van der Waals surface area contributed by atoms with Crippen molar-refractivity contribution >= 4 is 27.7 Å². The summed E-state index contributed by atoms with van der Waals surface area (Å²) in [5.74, 6) is 2.02. The Balaban J connectivity index is 1.90. The Bertz CT molecular complexity index is 980. The normalized spacial score (nSPS) is 20.3. The van der Waals surface area contributed by atoms with E-state index >= 15 is 0 Å². The second-order valence-electron chi connectivity index (χ2n) is 7.86. The van der Waals surface area contributed by atoms with E-state index in [1.54, 1.807) is 11.8 Å². The summed E-state index contributed by atoms with van der Waals surface area (Å²) in [5, 5.41) is 7.71. The van der Waals surface area contributed by atoms with Crippen molar-refractivity contribution in [1.82, 2.24) is 14.8 Å². The molecule has 2 heterocycles. The standard InChI is InChI=1S/C20H23BrN4O3/c1-5-28-18-12(21)6-11(7-15(18)27-4)17-16-13(8-20(2,3)9-14(16)26)24-19-22-10-23-25(17)19/h6-7,10,17H,5,8-9H2,1-4H3,(H,22,23,24)/t17-/m0/s1. The van der Waals surface area contributed by atoms with Crippen LogP contribution in [0.4, 0.5) is 5.95 Å². The van der Waals surface area contributed by atoms with Crippen LogP contribution >= 0.6 is 15.9 Å². The first kappa shape index (κ1) is 19.0. The fraction of sp³-hybridized carbons (Fsp3) is 0.450. The SMILES string of the molecule is CCOc1c(Br)cc([C@H]2C3=C(CC(C)(C)CC3=O)Nc3ncnn32)cc1OC. The monoisotopic (exact) mass is 446 g/mol. The second kappa shape index (κ2) is 6.92. The van der Waals surface area contributed by atoms with Crippen LogP contribution in [0.25, 0.3) is 0 Å². The van der Waals surface area contributed by atoms with Crippen molar-refractivity contribution in [3.8, 4) is 11.5 Å². The van der Waals surface area contributed by atoms with Crippen molar-refractivity contribution in [3.05, 3.63) is 39.8 Å². The molecule has 0 fully saturated rings. The van der Waals surface area contributed by atoms with Gasteiger partial charge in [0.05, 0.1) is 18.2 Å². The summed E-state index contributed by atoms with van der Waals surface area (Å²) in [6.07, 6.45) is 2.79. The molecular weight excluding hydrogens is 424 g/mol. The first-order valence-corrected chi connectivity index (χ1v) is 10.1. The highest BCUT2D eigenvalue weighted by Gasteiger charge is 2.41. The van der Waals surface area contributed by atoms with Gasteiger partial charge in [-0.3, -0.25) is 4.79 Å². The summed E-state index contributed by atoms with van der Waals surface area (Å²) in [5.41, 5.74) is 2.47. The lowest BCUT2D eigenvalue weighted by atomic mass is 9.73. The zero-order chi connectivity index (χ0) is 20.1. The number of rotatable bonds is 4. The molecule has 1 aliphatic carbocycles. The zero-order valence-electron chi connectivity index (χ0n) is 16.4. The number of benzene rings is 1. The highest BCUT2D eigenvalue weighted by molar-refractivity contribution is 9.10. The maximum Gasteiger partial charge on any atom is 0.226 e. The molecule has 8 heteroatoms. The van der Waals surface area contributed by atoms with E-state index in [0.29, 0.717) is 30.5 Å². The van der Waals surface area contributed by atoms with Crippen molar-refractivity contribution in [2.75, 3.05) is 19.0 Å². The van der Waals surface area contributed by atoms with Crippen LogP contribution < -0.4 is 14.8 Å². The lowest BCUT2D eigenvalue weighted by Gasteiger charge is -2.38. The number of Topliss-reactive ketones (excluding diaryl/α,β-unsaturated/α-hetero) is 1. The van der Waals surface area contributed by atoms with Crippen molar-refractivity contribution in [2.45, 2.75) is 39.7 Å². The number of ketones is 1. The Hall–Kier alpha value is -2.35. The quantitative estimate of drug-likeness (QED) is 0.761. The smallest absolute Gasteiger partial charge is 0.226 e. The molecule has 0 spiro atoms. The van der Waals surface area contributed by atoms with Crippen LogP contribution in [0.2, 0.25) is 0 Å². The molecule has 2 aliphatic rings. The van der Waals surface area contributed by atoms with Gasteiger partial charge in [-0.2, -0.15) is 10.1 Å². The maximum atomic E-state index is 13.1. The van der Waals surface area contributed by atoms with E-state index in [2.05, 4.69) is 45.2 Å². The summed E-state index contributed by atoms with van der Waals surface area (Å²) in [6.45, 7) is 6.67. The molecule has 0 amide bonds. The van der Waals surface area contributed by atoms with Gasteiger partial charge in [0.25, 0.3) is 0 Å². The molecule has 2 aromatic rings. The number of anilines is 1. The Kier molecular flexibility index (Phi) is 4.69. The number of carbonyl (C=O) groups is 1. The third-order valence-electron chi connectivity index (χ3n) is 5.13. The third kappa shape index (κ3) is 3.09. The summed E-state index contributed by atoms with van der Waals surface area (Å²) in [6, 6.07) is 3.51. The number of ether oxygens (including phenoxy) is 2. The summed E-state index contributed by atoms with van der Waals surface area (Å²) >= 11 is 3.59. The molecule has 0 unspecified atom stereocenters. The molecule has 28 heavy (non-hydrogen) atoms. The molecular formula is C20H23BrN4O3. The van der Waals surface area contributed by atoms with Crippen LogP contribution in [-0.2, 0) is 4.79 Å². The molecule has 0 saturated carbocycles. The molecule has 0 saturated heterocycles. The number of carbonyl (C=O) groups excluding carboxylic acids is 1. The van der Waals surface area contributed by atoms with Gasteiger partial charge in [0.1, 0.15) is 12.4 Å². The van der Waals surface area contributed by atoms with Crippen LogP contribution in [0.5, 0.6) is 11.5 Å². The fourth-order valence-corrected chi connectivity index (χ4v) is 4.61. The first-order chi connectivity index (χ1) is 13.3. The number of halogens is 1. The molecule has 0 bridgehead atoms. The number of fused-ring (bicyclic) bond motifs is 1. The van der Waals surface area contributed by atoms with Crippen LogP contribution in [0.3, 0.4) is 0 Å². The number of nitrogens with one attached hydrogen (secondary N) is 1. The lowest BCUT2D eigenvalue weighted by Crippen LogP contribution is -2.36. The minimum absolute atomic E-state index is 0.0905. The largest absolute Gasteiger partial charge is 0.493 e. The minimum atomic E-state index is -0.363. The van der Waals surface area contributed by atoms with Gasteiger partial charge in [0.2, 0.25) is 5.95 Å². The Morgan fingerprint density at radius 3 is 2.86 bits per heavy atom. The van der Waals surface area contributed by atoms with E-state index in [4.69, 9.17) is 9.47 Å². The fourth-order valence-electron chi connectivity index (χ4n) is 4.04. The molecule has 1 aliphatic heterocycles. The van der Waals surface area contributed by atoms with Gasteiger partial charge in [-0.25, -0.2) is 4.68 Å². The van der Waals surface area contributed by atoms with Gasteiger partial charge >= 0.3 is 0 Å². The molecule has 1 aromatic heterocycles. The van der Waals surface area contributed by atoms with Gasteiger partial charge in [-0.1, -0.05) is 13.8 Å².